The average molecular weight is 364 g/mol. The maximum absolute atomic E-state index is 8.44. The third-order valence-electron chi connectivity index (χ3n) is 3.73. The lowest BCUT2D eigenvalue weighted by Gasteiger charge is -2.12. The number of hydrogen-bond acceptors (Lipinski definition) is 6. The quantitative estimate of drug-likeness (QED) is 0.210. The first-order valence-electron chi connectivity index (χ1n) is 8.03. The number of anilines is 3. The van der Waals surface area contributed by atoms with Crippen molar-refractivity contribution in [2.45, 2.75) is 4.90 Å². The van der Waals surface area contributed by atoms with Crippen molar-refractivity contribution >= 4 is 34.7 Å². The Morgan fingerprint density at radius 1 is 0.962 bits per heavy atom. The molecule has 0 fully saturated rings. The second-order valence-electron chi connectivity index (χ2n) is 5.58. The summed E-state index contributed by atoms with van der Waals surface area (Å²) in [7, 11) is 1.58. The van der Waals surface area contributed by atoms with Gasteiger partial charge in [0.1, 0.15) is 0 Å². The number of benzene rings is 3. The van der Waals surface area contributed by atoms with Gasteiger partial charge in [-0.15, -0.1) is 0 Å². The van der Waals surface area contributed by atoms with Crippen molar-refractivity contribution in [3.63, 3.8) is 0 Å². The molecule has 0 aliphatic carbocycles. The summed E-state index contributed by atoms with van der Waals surface area (Å²) >= 11 is 1.48. The van der Waals surface area contributed by atoms with Gasteiger partial charge in [0.15, 0.2) is 0 Å². The van der Waals surface area contributed by atoms with E-state index in [0.717, 1.165) is 21.8 Å². The molecule has 26 heavy (non-hydrogen) atoms. The molecule has 0 unspecified atom stereocenters. The third-order valence-corrected chi connectivity index (χ3v) is 4.55. The molecule has 0 amide bonds. The molecule has 5 N–H and O–H groups in total. The maximum Gasteiger partial charge on any atom is 0.0705 e. The zero-order chi connectivity index (χ0) is 18.4. The molecule has 0 spiro atoms. The summed E-state index contributed by atoms with van der Waals surface area (Å²) in [5, 5.41) is 8.44. The summed E-state index contributed by atoms with van der Waals surface area (Å²) in [4.78, 5) is 5.96. The molecule has 0 atom stereocenters. The molecule has 0 radical (unpaired) electrons. The highest BCUT2D eigenvalue weighted by Crippen LogP contribution is 2.27. The summed E-state index contributed by atoms with van der Waals surface area (Å²) in [6.07, 6.45) is 0. The van der Waals surface area contributed by atoms with Gasteiger partial charge < -0.3 is 10.5 Å². The van der Waals surface area contributed by atoms with Gasteiger partial charge in [0.2, 0.25) is 0 Å². The Morgan fingerprint density at radius 2 is 1.77 bits per heavy atom. The van der Waals surface area contributed by atoms with E-state index in [1.807, 2.05) is 72.8 Å². The summed E-state index contributed by atoms with van der Waals surface area (Å²) < 4.78 is 3.30. The predicted octanol–water partition coefficient (Wildman–Crippen LogP) is 4.78. The van der Waals surface area contributed by atoms with Crippen LogP contribution in [0.3, 0.4) is 0 Å². The summed E-state index contributed by atoms with van der Waals surface area (Å²) in [5.74, 6) is 0. The highest BCUT2D eigenvalue weighted by atomic mass is 32.2. The summed E-state index contributed by atoms with van der Waals surface area (Å²) in [5.41, 5.74) is 13.2. The van der Waals surface area contributed by atoms with Crippen LogP contribution < -0.4 is 15.9 Å². The zero-order valence-electron chi connectivity index (χ0n) is 14.3. The molecular formula is C20H20N4OS. The minimum atomic E-state index is 0.406. The molecule has 0 bridgehead atoms. The third kappa shape index (κ3) is 4.36. The molecule has 3 aromatic rings. The molecule has 3 aromatic carbocycles. The van der Waals surface area contributed by atoms with E-state index in [1.165, 1.54) is 11.9 Å². The van der Waals surface area contributed by atoms with Crippen LogP contribution in [0.25, 0.3) is 0 Å². The van der Waals surface area contributed by atoms with Crippen LogP contribution in [0.2, 0.25) is 0 Å². The van der Waals surface area contributed by atoms with Crippen molar-refractivity contribution in [3.05, 3.63) is 83.9 Å². The van der Waals surface area contributed by atoms with Crippen molar-refractivity contribution in [2.24, 2.45) is 0 Å². The van der Waals surface area contributed by atoms with E-state index in [-0.39, 0.29) is 0 Å². The zero-order valence-corrected chi connectivity index (χ0v) is 15.1. The fourth-order valence-electron chi connectivity index (χ4n) is 2.46. The van der Waals surface area contributed by atoms with Gasteiger partial charge in [-0.2, -0.15) is 0 Å². The van der Waals surface area contributed by atoms with Crippen LogP contribution in [-0.4, -0.2) is 12.8 Å². The molecule has 132 valence electrons. The van der Waals surface area contributed by atoms with Crippen molar-refractivity contribution in [2.75, 3.05) is 23.0 Å². The molecule has 5 nitrogen and oxygen atoms in total. The van der Waals surface area contributed by atoms with E-state index in [9.17, 15) is 0 Å². The van der Waals surface area contributed by atoms with E-state index in [4.69, 9.17) is 16.0 Å². The van der Waals surface area contributed by atoms with Crippen LogP contribution in [-0.2, 0) is 4.84 Å². The van der Waals surface area contributed by atoms with Gasteiger partial charge >= 0.3 is 0 Å². The van der Waals surface area contributed by atoms with E-state index >= 15 is 0 Å². The lowest BCUT2D eigenvalue weighted by atomic mass is 10.0. The lowest BCUT2D eigenvalue weighted by Crippen LogP contribution is -2.06. The lowest BCUT2D eigenvalue weighted by molar-refractivity contribution is 0.271. The van der Waals surface area contributed by atoms with E-state index in [2.05, 4.69) is 10.2 Å². The first-order valence-corrected chi connectivity index (χ1v) is 8.85. The molecule has 0 heterocycles. The van der Waals surface area contributed by atoms with Crippen molar-refractivity contribution < 1.29 is 4.84 Å². The summed E-state index contributed by atoms with van der Waals surface area (Å²) in [6.45, 7) is 0. The van der Waals surface area contributed by atoms with Gasteiger partial charge in [-0.1, -0.05) is 36.4 Å². The highest BCUT2D eigenvalue weighted by molar-refractivity contribution is 8.00. The maximum atomic E-state index is 8.44. The smallest absolute Gasteiger partial charge is 0.0705 e. The molecule has 3 rings (SSSR count). The van der Waals surface area contributed by atoms with Crippen LogP contribution in [0.1, 0.15) is 11.1 Å². The molecule has 6 heteroatoms. The van der Waals surface area contributed by atoms with Crippen LogP contribution in [0.4, 0.5) is 17.1 Å². The van der Waals surface area contributed by atoms with Crippen LogP contribution in [0.5, 0.6) is 0 Å². The SMILES string of the molecule is CONc1cccc(SNc2ccc(N)c(C(=N)c3ccccc3)c2)c1. The molecule has 0 saturated heterocycles. The minimum absolute atomic E-state index is 0.406. The first kappa shape index (κ1) is 17.8. The normalized spacial score (nSPS) is 10.3. The van der Waals surface area contributed by atoms with Crippen molar-refractivity contribution in [1.82, 2.24) is 0 Å². The topological polar surface area (TPSA) is 83.2 Å². The number of hydrogen-bond donors (Lipinski definition) is 4. The number of nitrogens with one attached hydrogen (secondary N) is 3. The molecule has 0 aliphatic rings. The highest BCUT2D eigenvalue weighted by Gasteiger charge is 2.09. The van der Waals surface area contributed by atoms with Crippen LogP contribution in [0.15, 0.2) is 77.7 Å². The average Bonchev–Trinajstić information content (AvgIpc) is 2.68. The fraction of sp³-hybridized carbons (Fsp3) is 0.0500. The Bertz CT molecular complexity index is 899. The molecule has 0 aliphatic heterocycles. The minimum Gasteiger partial charge on any atom is -0.398 e. The van der Waals surface area contributed by atoms with Crippen molar-refractivity contribution in [1.29, 1.82) is 5.41 Å². The largest absolute Gasteiger partial charge is 0.398 e. The second kappa shape index (κ2) is 8.42. The molecule has 0 saturated carbocycles. The van der Waals surface area contributed by atoms with Gasteiger partial charge in [-0.05, 0) is 48.3 Å². The number of rotatable bonds is 7. The van der Waals surface area contributed by atoms with E-state index < -0.39 is 0 Å². The van der Waals surface area contributed by atoms with E-state index in [1.54, 1.807) is 7.11 Å². The van der Waals surface area contributed by atoms with Crippen LogP contribution in [0, 0.1) is 5.41 Å². The second-order valence-corrected chi connectivity index (χ2v) is 6.46. The van der Waals surface area contributed by atoms with Gasteiger partial charge in [-0.25, -0.2) is 0 Å². The van der Waals surface area contributed by atoms with Gasteiger partial charge in [0.05, 0.1) is 18.5 Å². The number of nitrogen functional groups attached to an aromatic ring is 1. The predicted molar refractivity (Wildman–Crippen MR) is 110 cm³/mol. The van der Waals surface area contributed by atoms with Crippen molar-refractivity contribution in [3.8, 4) is 0 Å². The number of nitrogens with two attached hydrogens (primary N) is 1. The fourth-order valence-corrected chi connectivity index (χ4v) is 3.15. The standard InChI is InChI=1S/C20H20N4OS/c1-25-23-15-8-5-9-17(12-15)26-24-16-10-11-19(21)18(13-16)20(22)14-6-3-2-4-7-14/h2-13,22-24H,21H2,1H3. The van der Waals surface area contributed by atoms with Gasteiger partial charge in [0, 0.05) is 27.4 Å². The first-order chi connectivity index (χ1) is 12.7. The Hall–Kier alpha value is -2.96. The monoisotopic (exact) mass is 364 g/mol. The van der Waals surface area contributed by atoms with Gasteiger partial charge in [-0.3, -0.25) is 15.7 Å². The Balaban J connectivity index is 1.75. The summed E-state index contributed by atoms with van der Waals surface area (Å²) in [6, 6.07) is 23.1. The van der Waals surface area contributed by atoms with E-state index in [0.29, 0.717) is 17.0 Å². The van der Waals surface area contributed by atoms with Gasteiger partial charge in [0.25, 0.3) is 0 Å². The molecule has 0 aromatic heterocycles. The Labute approximate surface area is 157 Å². The van der Waals surface area contributed by atoms with Crippen LogP contribution >= 0.6 is 11.9 Å². The molecular weight excluding hydrogens is 344 g/mol. The Kier molecular flexibility index (Phi) is 5.78. The Morgan fingerprint density at radius 3 is 2.54 bits per heavy atom.